The Balaban J connectivity index is 1.85. The van der Waals surface area contributed by atoms with E-state index >= 15 is 0 Å². The van der Waals surface area contributed by atoms with E-state index in [0.717, 1.165) is 28.9 Å². The van der Waals surface area contributed by atoms with E-state index in [1.165, 1.54) is 6.08 Å². The van der Waals surface area contributed by atoms with Crippen molar-refractivity contribution < 1.29 is 17.0 Å². The van der Waals surface area contributed by atoms with Crippen LogP contribution in [0.15, 0.2) is 49.0 Å². The third-order valence-corrected chi connectivity index (χ3v) is 4.36. The minimum absolute atomic E-state index is 0.269. The van der Waals surface area contributed by atoms with Gasteiger partial charge in [-0.2, -0.15) is 0 Å². The molecule has 0 bridgehead atoms. The number of benzene rings is 2. The molecule has 0 saturated heterocycles. The summed E-state index contributed by atoms with van der Waals surface area (Å²) in [5.41, 5.74) is 2.36. The molecule has 2 aromatic rings. The van der Waals surface area contributed by atoms with E-state index in [-0.39, 0.29) is 12.5 Å². The lowest BCUT2D eigenvalue weighted by Crippen LogP contribution is -2.29. The smallest absolute Gasteiger partial charge is 0.316 e. The number of hydrogen-bond donors (Lipinski definition) is 0. The van der Waals surface area contributed by atoms with E-state index in [0.29, 0.717) is 18.8 Å². The van der Waals surface area contributed by atoms with Crippen LogP contribution in [-0.4, -0.2) is 12.6 Å². The fraction of sp³-hybridized carbons (Fsp3) is 0.348. The Hall–Kier alpha value is -2.55. The van der Waals surface area contributed by atoms with Crippen LogP contribution >= 0.6 is 0 Å². The third kappa shape index (κ3) is 5.48. The molecule has 0 unspecified atom stereocenters. The maximum atomic E-state index is 12.5. The minimum Gasteiger partial charge on any atom is -0.493 e. The van der Waals surface area contributed by atoms with Crippen LogP contribution in [0.1, 0.15) is 46.1 Å². The predicted octanol–water partition coefficient (Wildman–Crippen LogP) is 5.74. The Morgan fingerprint density at radius 1 is 1.19 bits per heavy atom. The van der Waals surface area contributed by atoms with E-state index in [2.05, 4.69) is 6.07 Å². The average molecular weight is 354 g/mol. The van der Waals surface area contributed by atoms with Gasteiger partial charge < -0.3 is 9.47 Å². The first kappa shape index (κ1) is 16.9. The molecule has 138 valence electrons. The van der Waals surface area contributed by atoms with Gasteiger partial charge in [0.15, 0.2) is 0 Å². The molecule has 0 amide bonds. The average Bonchev–Trinajstić information content (AvgIpc) is 2.62. The van der Waals surface area contributed by atoms with Gasteiger partial charge in [0.05, 0.1) is 14.8 Å². The van der Waals surface area contributed by atoms with E-state index < -0.39 is 5.41 Å². The highest BCUT2D eigenvalue weighted by atomic mass is 16.5. The Morgan fingerprint density at radius 2 is 1.92 bits per heavy atom. The molecule has 2 rings (SSSR count). The van der Waals surface area contributed by atoms with Crippen molar-refractivity contribution in [3.8, 4) is 11.5 Å². The van der Waals surface area contributed by atoms with Crippen molar-refractivity contribution in [3.05, 3.63) is 65.7 Å². The maximum absolute atomic E-state index is 12.5. The molecule has 0 atom stereocenters. The molecule has 0 aliphatic carbocycles. The Morgan fingerprint density at radius 3 is 2.62 bits per heavy atom. The second-order valence-electron chi connectivity index (χ2n) is 7.21. The first-order valence-corrected chi connectivity index (χ1v) is 8.85. The molecule has 0 aromatic heterocycles. The molecule has 0 N–H and O–H groups in total. The summed E-state index contributed by atoms with van der Waals surface area (Å²) in [6.45, 7) is 8.08. The fourth-order valence-electron chi connectivity index (χ4n) is 2.54. The van der Waals surface area contributed by atoms with E-state index in [4.69, 9.17) is 12.2 Å². The summed E-state index contributed by atoms with van der Waals surface area (Å²) < 4.78 is 25.7. The van der Waals surface area contributed by atoms with E-state index in [1.54, 1.807) is 24.3 Å². The molecular weight excluding hydrogens is 324 g/mol. The van der Waals surface area contributed by atoms with Crippen LogP contribution in [0.4, 0.5) is 0 Å². The fourth-order valence-corrected chi connectivity index (χ4v) is 2.54. The van der Waals surface area contributed by atoms with Gasteiger partial charge in [-0.3, -0.25) is 4.79 Å². The minimum atomic E-state index is -0.626. The van der Waals surface area contributed by atoms with E-state index in [9.17, 15) is 4.79 Å². The second kappa shape index (κ2) is 8.70. The summed E-state index contributed by atoms with van der Waals surface area (Å²) >= 11 is 0. The summed E-state index contributed by atoms with van der Waals surface area (Å²) in [5, 5.41) is 0. The van der Waals surface area contributed by atoms with Crippen molar-refractivity contribution in [2.75, 3.05) is 6.61 Å². The molecule has 0 aliphatic rings. The summed E-state index contributed by atoms with van der Waals surface area (Å²) in [6, 6.07) is 12.9. The quantitative estimate of drug-likeness (QED) is 0.345. The lowest BCUT2D eigenvalue weighted by atomic mass is 9.88. The highest BCUT2D eigenvalue weighted by molar-refractivity contribution is 5.78. The summed E-state index contributed by atoms with van der Waals surface area (Å²) in [5.74, 6) is 1.06. The predicted molar refractivity (Wildman–Crippen MR) is 107 cm³/mol. The van der Waals surface area contributed by atoms with Gasteiger partial charge in [0.2, 0.25) is 0 Å². The lowest BCUT2D eigenvalue weighted by molar-refractivity contribution is -0.144. The standard InChI is InChI=1S/C23H28O3/c1-6-19-10-12-20(13-11-19)26-22(24)23(4,5)14-7-15-25-21-16-17(2)8-9-18(21)3/h6,8-13,16H,1,7,14-15H2,2-5H3/i1D2. The van der Waals surface area contributed by atoms with Crippen LogP contribution < -0.4 is 9.47 Å². The molecule has 0 fully saturated rings. The zero-order valence-electron chi connectivity index (χ0n) is 18.0. The molecule has 2 aromatic carbocycles. The van der Waals surface area contributed by atoms with Crippen molar-refractivity contribution in [1.29, 1.82) is 0 Å². The van der Waals surface area contributed by atoms with Crippen molar-refractivity contribution >= 4 is 12.0 Å². The SMILES string of the molecule is [2H]C([2H])=Cc1ccc(OC(=O)C(C)(C)CCCOc2cc(C)ccc2C)cc1. The summed E-state index contributed by atoms with van der Waals surface area (Å²) in [6.07, 6.45) is 2.82. The monoisotopic (exact) mass is 354 g/mol. The second-order valence-corrected chi connectivity index (χ2v) is 7.21. The van der Waals surface area contributed by atoms with Crippen LogP contribution in [0.2, 0.25) is 0 Å². The number of carbonyl (C=O) groups excluding carboxylic acids is 1. The molecule has 3 heteroatoms. The molecule has 26 heavy (non-hydrogen) atoms. The van der Waals surface area contributed by atoms with Gasteiger partial charge in [0, 0.05) is 0 Å². The van der Waals surface area contributed by atoms with Gasteiger partial charge in [-0.15, -0.1) is 0 Å². The number of aryl methyl sites for hydroxylation is 2. The summed E-state index contributed by atoms with van der Waals surface area (Å²) in [7, 11) is 0. The van der Waals surface area contributed by atoms with Crippen LogP contribution in [0.3, 0.4) is 0 Å². The van der Waals surface area contributed by atoms with Gasteiger partial charge in [0.1, 0.15) is 11.5 Å². The van der Waals surface area contributed by atoms with Gasteiger partial charge in [-0.1, -0.05) is 36.9 Å². The first-order valence-electron chi connectivity index (χ1n) is 9.85. The number of rotatable bonds is 8. The molecule has 0 saturated carbocycles. The Bertz CT molecular complexity index is 835. The first-order chi connectivity index (χ1) is 13.2. The maximum Gasteiger partial charge on any atom is 0.316 e. The number of ether oxygens (including phenoxy) is 2. The topological polar surface area (TPSA) is 35.5 Å². The Labute approximate surface area is 159 Å². The van der Waals surface area contributed by atoms with Gasteiger partial charge >= 0.3 is 5.97 Å². The van der Waals surface area contributed by atoms with Crippen LogP contribution in [0.5, 0.6) is 11.5 Å². The van der Waals surface area contributed by atoms with E-state index in [1.807, 2.05) is 39.8 Å². The highest BCUT2D eigenvalue weighted by Gasteiger charge is 2.29. The zero-order valence-corrected chi connectivity index (χ0v) is 16.0. The molecule has 3 nitrogen and oxygen atoms in total. The van der Waals surface area contributed by atoms with Crippen molar-refractivity contribution in [1.82, 2.24) is 0 Å². The Kier molecular flexibility index (Phi) is 5.66. The largest absolute Gasteiger partial charge is 0.493 e. The van der Waals surface area contributed by atoms with Crippen LogP contribution in [0, 0.1) is 19.3 Å². The van der Waals surface area contributed by atoms with Crippen molar-refractivity contribution in [2.24, 2.45) is 5.41 Å². The van der Waals surface area contributed by atoms with Crippen LogP contribution in [0.25, 0.3) is 6.08 Å². The number of esters is 1. The van der Waals surface area contributed by atoms with Crippen molar-refractivity contribution in [2.45, 2.75) is 40.5 Å². The molecule has 0 heterocycles. The summed E-state index contributed by atoms with van der Waals surface area (Å²) in [4.78, 5) is 12.5. The normalized spacial score (nSPS) is 12.0. The molecule has 0 spiro atoms. The molecule has 0 radical (unpaired) electrons. The lowest BCUT2D eigenvalue weighted by Gasteiger charge is -2.22. The zero-order chi connectivity index (χ0) is 20.7. The van der Waals surface area contributed by atoms with Gasteiger partial charge in [0.25, 0.3) is 0 Å². The highest BCUT2D eigenvalue weighted by Crippen LogP contribution is 2.27. The van der Waals surface area contributed by atoms with Gasteiger partial charge in [-0.05, 0) is 75.4 Å². The molecule has 0 aliphatic heterocycles. The van der Waals surface area contributed by atoms with Crippen LogP contribution in [-0.2, 0) is 4.79 Å². The van der Waals surface area contributed by atoms with Gasteiger partial charge in [-0.25, -0.2) is 0 Å². The van der Waals surface area contributed by atoms with Crippen molar-refractivity contribution in [3.63, 3.8) is 0 Å². The molecular formula is C23H28O3. The third-order valence-electron chi connectivity index (χ3n) is 4.36. The number of hydrogen-bond acceptors (Lipinski definition) is 3. The number of carbonyl (C=O) groups is 1.